The molecule has 1 fully saturated rings. The van der Waals surface area contributed by atoms with Gasteiger partial charge in [0.1, 0.15) is 0 Å². The zero-order chi connectivity index (χ0) is 17.5. The quantitative estimate of drug-likeness (QED) is 0.790. The molecule has 2 aromatic rings. The van der Waals surface area contributed by atoms with Crippen LogP contribution in [-0.4, -0.2) is 37.1 Å². The predicted octanol–water partition coefficient (Wildman–Crippen LogP) is 3.08. The molecular formula is C20H21NO3S. The maximum absolute atomic E-state index is 13.2. The Hall–Kier alpha value is -2.14. The van der Waals surface area contributed by atoms with E-state index in [4.69, 9.17) is 0 Å². The molecule has 0 aliphatic carbocycles. The molecule has 1 spiro atoms. The van der Waals surface area contributed by atoms with Crippen molar-refractivity contribution in [3.05, 3.63) is 65.7 Å². The number of aryl methyl sites for hydroxylation is 1. The van der Waals surface area contributed by atoms with Gasteiger partial charge in [0.25, 0.3) is 5.91 Å². The summed E-state index contributed by atoms with van der Waals surface area (Å²) in [4.78, 5) is 14.9. The smallest absolute Gasteiger partial charge is 0.253 e. The minimum atomic E-state index is -3.36. The number of fused-ring (bicyclic) bond motifs is 1. The molecule has 0 bridgehead atoms. The van der Waals surface area contributed by atoms with Crippen LogP contribution >= 0.6 is 0 Å². The minimum absolute atomic E-state index is 0.0101. The van der Waals surface area contributed by atoms with Gasteiger partial charge in [-0.3, -0.25) is 4.79 Å². The molecule has 0 saturated carbocycles. The van der Waals surface area contributed by atoms with E-state index in [0.29, 0.717) is 42.8 Å². The van der Waals surface area contributed by atoms with Gasteiger partial charge in [-0.05, 0) is 49.4 Å². The van der Waals surface area contributed by atoms with E-state index in [0.717, 1.165) is 12.0 Å². The number of benzene rings is 2. The van der Waals surface area contributed by atoms with E-state index in [2.05, 4.69) is 0 Å². The lowest BCUT2D eigenvalue weighted by molar-refractivity contribution is 0.0697. The summed E-state index contributed by atoms with van der Waals surface area (Å²) in [6.45, 7) is 0.990. The van der Waals surface area contributed by atoms with Crippen LogP contribution in [0.15, 0.2) is 59.5 Å². The number of carbonyl (C=O) groups is 1. The highest BCUT2D eigenvalue weighted by atomic mass is 32.2. The first-order chi connectivity index (χ1) is 12.0. The highest BCUT2D eigenvalue weighted by molar-refractivity contribution is 7.93. The fraction of sp³-hybridized carbons (Fsp3) is 0.350. The van der Waals surface area contributed by atoms with Crippen LogP contribution in [0.1, 0.15) is 35.2 Å². The van der Waals surface area contributed by atoms with Crippen LogP contribution in [0, 0.1) is 0 Å². The molecule has 0 N–H and O–H groups in total. The van der Waals surface area contributed by atoms with Crippen LogP contribution in [-0.2, 0) is 16.3 Å². The summed E-state index contributed by atoms with van der Waals surface area (Å²) in [6, 6.07) is 16.5. The average molecular weight is 355 g/mol. The first kappa shape index (κ1) is 16.3. The van der Waals surface area contributed by atoms with E-state index in [9.17, 15) is 13.2 Å². The summed E-state index contributed by atoms with van der Waals surface area (Å²) >= 11 is 0. The summed E-state index contributed by atoms with van der Waals surface area (Å²) < 4.78 is 25.7. The Morgan fingerprint density at radius 3 is 2.24 bits per heavy atom. The lowest BCUT2D eigenvalue weighted by Crippen LogP contribution is -2.52. The lowest BCUT2D eigenvalue weighted by atomic mass is 9.88. The van der Waals surface area contributed by atoms with Crippen molar-refractivity contribution < 1.29 is 13.2 Å². The first-order valence-corrected chi connectivity index (χ1v) is 10.2. The first-order valence-electron chi connectivity index (χ1n) is 8.70. The Morgan fingerprint density at radius 1 is 0.880 bits per heavy atom. The molecule has 0 aromatic heterocycles. The number of amides is 1. The molecule has 4 nitrogen and oxygen atoms in total. The van der Waals surface area contributed by atoms with Gasteiger partial charge in [0.05, 0.1) is 9.64 Å². The molecule has 2 heterocycles. The Morgan fingerprint density at radius 2 is 1.52 bits per heavy atom. The summed E-state index contributed by atoms with van der Waals surface area (Å²) in [6.07, 6.45) is 2.48. The van der Waals surface area contributed by atoms with Gasteiger partial charge in [-0.15, -0.1) is 0 Å². The highest BCUT2D eigenvalue weighted by Crippen LogP contribution is 2.44. The van der Waals surface area contributed by atoms with Gasteiger partial charge < -0.3 is 4.90 Å². The Bertz CT molecular complexity index is 898. The van der Waals surface area contributed by atoms with Gasteiger partial charge in [-0.1, -0.05) is 36.4 Å². The maximum atomic E-state index is 13.2. The van der Waals surface area contributed by atoms with Crippen LogP contribution in [0.4, 0.5) is 0 Å². The molecule has 2 aliphatic rings. The molecule has 130 valence electrons. The van der Waals surface area contributed by atoms with Crippen molar-refractivity contribution in [3.63, 3.8) is 0 Å². The van der Waals surface area contributed by atoms with E-state index in [-0.39, 0.29) is 5.91 Å². The molecule has 0 unspecified atom stereocenters. The van der Waals surface area contributed by atoms with E-state index < -0.39 is 14.6 Å². The van der Waals surface area contributed by atoms with Gasteiger partial charge in [-0.2, -0.15) is 0 Å². The highest BCUT2D eigenvalue weighted by Gasteiger charge is 2.49. The molecule has 5 heteroatoms. The Kier molecular flexibility index (Phi) is 3.91. The number of carbonyl (C=O) groups excluding carboxylic acids is 1. The number of likely N-dealkylation sites (tertiary alicyclic amines) is 1. The van der Waals surface area contributed by atoms with Crippen molar-refractivity contribution in [1.82, 2.24) is 4.90 Å². The largest absolute Gasteiger partial charge is 0.339 e. The maximum Gasteiger partial charge on any atom is 0.253 e. The fourth-order valence-corrected chi connectivity index (χ4v) is 6.43. The molecule has 4 rings (SSSR count). The normalized spacial score (nSPS) is 20.9. The monoisotopic (exact) mass is 355 g/mol. The molecule has 0 radical (unpaired) electrons. The zero-order valence-electron chi connectivity index (χ0n) is 14.0. The third-order valence-corrected chi connectivity index (χ3v) is 8.39. The summed E-state index contributed by atoms with van der Waals surface area (Å²) in [5.41, 5.74) is 1.59. The Labute approximate surface area is 148 Å². The molecule has 1 amide bonds. The summed E-state index contributed by atoms with van der Waals surface area (Å²) in [5.74, 6) is -0.0101. The third-order valence-electron chi connectivity index (χ3n) is 5.66. The van der Waals surface area contributed by atoms with Crippen molar-refractivity contribution in [3.8, 4) is 0 Å². The molecule has 2 aromatic carbocycles. The van der Waals surface area contributed by atoms with Crippen molar-refractivity contribution in [1.29, 1.82) is 0 Å². The number of hydrogen-bond acceptors (Lipinski definition) is 3. The van der Waals surface area contributed by atoms with Gasteiger partial charge in [0, 0.05) is 18.7 Å². The van der Waals surface area contributed by atoms with E-state index in [1.54, 1.807) is 29.2 Å². The van der Waals surface area contributed by atoms with Crippen LogP contribution in [0.25, 0.3) is 0 Å². The molecule has 2 aliphatic heterocycles. The summed E-state index contributed by atoms with van der Waals surface area (Å²) in [5, 5.41) is 0. The number of piperidine rings is 1. The minimum Gasteiger partial charge on any atom is -0.339 e. The van der Waals surface area contributed by atoms with Gasteiger partial charge in [-0.25, -0.2) is 8.42 Å². The number of hydrogen-bond donors (Lipinski definition) is 0. The van der Waals surface area contributed by atoms with E-state index >= 15 is 0 Å². The van der Waals surface area contributed by atoms with Crippen molar-refractivity contribution in [2.24, 2.45) is 0 Å². The van der Waals surface area contributed by atoms with E-state index in [1.165, 1.54) is 0 Å². The number of nitrogens with zero attached hydrogens (tertiary/aromatic N) is 1. The van der Waals surface area contributed by atoms with Crippen LogP contribution in [0.3, 0.4) is 0 Å². The molecule has 1 saturated heterocycles. The third kappa shape index (κ3) is 2.58. The van der Waals surface area contributed by atoms with Gasteiger partial charge >= 0.3 is 0 Å². The lowest BCUT2D eigenvalue weighted by Gasteiger charge is -2.43. The van der Waals surface area contributed by atoms with Crippen LogP contribution < -0.4 is 0 Å². The predicted molar refractivity (Wildman–Crippen MR) is 96.3 cm³/mol. The van der Waals surface area contributed by atoms with Crippen LogP contribution in [0.5, 0.6) is 0 Å². The molecule has 25 heavy (non-hydrogen) atoms. The fourth-order valence-electron chi connectivity index (χ4n) is 4.10. The van der Waals surface area contributed by atoms with Crippen molar-refractivity contribution >= 4 is 15.7 Å². The van der Waals surface area contributed by atoms with Crippen molar-refractivity contribution in [2.75, 3.05) is 13.1 Å². The van der Waals surface area contributed by atoms with Crippen LogP contribution in [0.2, 0.25) is 0 Å². The SMILES string of the molecule is O=C(c1ccccc1)N1CCC2(CCc3ccccc3S2(=O)=O)CC1. The zero-order valence-corrected chi connectivity index (χ0v) is 14.8. The Balaban J connectivity index is 1.57. The number of rotatable bonds is 1. The average Bonchev–Trinajstić information content (AvgIpc) is 2.66. The van der Waals surface area contributed by atoms with Crippen molar-refractivity contribution in [2.45, 2.75) is 35.3 Å². The topological polar surface area (TPSA) is 54.5 Å². The molecular weight excluding hydrogens is 334 g/mol. The second kappa shape index (κ2) is 5.99. The summed E-state index contributed by atoms with van der Waals surface area (Å²) in [7, 11) is -3.36. The van der Waals surface area contributed by atoms with E-state index in [1.807, 2.05) is 30.3 Å². The molecule has 0 atom stereocenters. The second-order valence-electron chi connectivity index (χ2n) is 6.95. The number of sulfone groups is 1. The van der Waals surface area contributed by atoms with Gasteiger partial charge in [0.15, 0.2) is 9.84 Å². The van der Waals surface area contributed by atoms with Gasteiger partial charge in [0.2, 0.25) is 0 Å². The second-order valence-corrected chi connectivity index (χ2v) is 9.27. The standard InChI is InChI=1S/C20H21NO3S/c22-19(17-7-2-1-3-8-17)21-14-12-20(13-15-21)11-10-16-6-4-5-9-18(16)25(20,23)24/h1-9H,10-15H2.